The Kier molecular flexibility index (Phi) is 5.64. The van der Waals surface area contributed by atoms with Gasteiger partial charge in [0.15, 0.2) is 5.82 Å². The number of likely N-dealkylation sites (tertiary alicyclic amines) is 1. The predicted molar refractivity (Wildman–Crippen MR) is 132 cm³/mol. The molecule has 0 bridgehead atoms. The average molecular weight is 455 g/mol. The zero-order valence-electron chi connectivity index (χ0n) is 19.2. The van der Waals surface area contributed by atoms with Crippen molar-refractivity contribution in [3.05, 3.63) is 59.7 Å². The van der Waals surface area contributed by atoms with Gasteiger partial charge in [0, 0.05) is 49.8 Å². The number of fused-ring (bicyclic) bond motifs is 1. The number of nitrogens with zero attached hydrogens (tertiary/aromatic N) is 5. The third-order valence-electron chi connectivity index (χ3n) is 6.30. The Labute approximate surface area is 197 Å². The molecule has 1 saturated heterocycles. The molecule has 3 heterocycles. The van der Waals surface area contributed by atoms with Gasteiger partial charge in [-0.1, -0.05) is 18.2 Å². The van der Waals surface area contributed by atoms with E-state index in [9.17, 15) is 4.79 Å². The number of hydrogen-bond donors (Lipinski definition) is 3. The lowest BCUT2D eigenvalue weighted by molar-refractivity contribution is 0.0719. The van der Waals surface area contributed by atoms with Crippen LogP contribution in [0.3, 0.4) is 0 Å². The van der Waals surface area contributed by atoms with Crippen molar-refractivity contribution < 1.29 is 4.79 Å². The van der Waals surface area contributed by atoms with Crippen molar-refractivity contribution in [1.82, 2.24) is 24.6 Å². The van der Waals surface area contributed by atoms with Crippen LogP contribution in [0.2, 0.25) is 0 Å². The van der Waals surface area contributed by atoms with Crippen LogP contribution in [0.4, 0.5) is 11.6 Å². The molecular formula is C25H26N8O. The van der Waals surface area contributed by atoms with Crippen molar-refractivity contribution in [2.75, 3.05) is 30.8 Å². The van der Waals surface area contributed by atoms with Gasteiger partial charge in [0.25, 0.3) is 5.91 Å². The maximum absolute atomic E-state index is 13.0. The summed E-state index contributed by atoms with van der Waals surface area (Å²) in [5, 5.41) is 21.3. The van der Waals surface area contributed by atoms with Crippen LogP contribution in [0.15, 0.2) is 48.5 Å². The minimum absolute atomic E-state index is 0.0581. The number of carbonyl (C=O) groups is 1. The highest BCUT2D eigenvalue weighted by Gasteiger charge is 2.26. The molecule has 0 atom stereocenters. The average Bonchev–Trinajstić information content (AvgIpc) is 3.46. The number of H-pyrrole nitrogens is 1. The Morgan fingerprint density at radius 3 is 2.74 bits per heavy atom. The van der Waals surface area contributed by atoms with Crippen molar-refractivity contribution >= 4 is 28.4 Å². The Bertz CT molecular complexity index is 1390. The molecule has 0 aliphatic carbocycles. The molecule has 9 heteroatoms. The van der Waals surface area contributed by atoms with Gasteiger partial charge in [0.1, 0.15) is 0 Å². The van der Waals surface area contributed by atoms with E-state index in [1.807, 2.05) is 61.5 Å². The van der Waals surface area contributed by atoms with Crippen LogP contribution in [-0.2, 0) is 7.05 Å². The van der Waals surface area contributed by atoms with Crippen LogP contribution < -0.4 is 10.6 Å². The number of aryl methyl sites for hydroxylation is 1. The number of piperidine rings is 1. The highest BCUT2D eigenvalue weighted by Crippen LogP contribution is 2.25. The van der Waals surface area contributed by atoms with E-state index in [1.54, 1.807) is 10.7 Å². The molecule has 172 valence electrons. The van der Waals surface area contributed by atoms with E-state index < -0.39 is 0 Å². The lowest BCUT2D eigenvalue weighted by atomic mass is 10.0. The normalized spacial score (nSPS) is 14.2. The summed E-state index contributed by atoms with van der Waals surface area (Å²) in [5.74, 6) is 1.34. The Balaban J connectivity index is 1.25. The van der Waals surface area contributed by atoms with Gasteiger partial charge >= 0.3 is 0 Å². The van der Waals surface area contributed by atoms with Crippen LogP contribution in [0.25, 0.3) is 22.4 Å². The van der Waals surface area contributed by atoms with Crippen molar-refractivity contribution in [2.45, 2.75) is 18.9 Å². The van der Waals surface area contributed by atoms with E-state index in [1.165, 1.54) is 0 Å². The van der Waals surface area contributed by atoms with Crippen LogP contribution in [0.5, 0.6) is 0 Å². The number of para-hydroxylation sites is 1. The molecule has 5 rings (SSSR count). The van der Waals surface area contributed by atoms with E-state index >= 15 is 0 Å². The zero-order valence-corrected chi connectivity index (χ0v) is 19.2. The third kappa shape index (κ3) is 4.06. The second-order valence-electron chi connectivity index (χ2n) is 8.49. The smallest absolute Gasteiger partial charge is 0.255 e. The monoisotopic (exact) mass is 454 g/mol. The van der Waals surface area contributed by atoms with Crippen LogP contribution >= 0.6 is 0 Å². The first kappa shape index (κ1) is 21.5. The minimum atomic E-state index is 0.0581. The number of aromatic amines is 1. The second-order valence-corrected chi connectivity index (χ2v) is 8.49. The third-order valence-corrected chi connectivity index (χ3v) is 6.30. The number of amides is 1. The fourth-order valence-corrected chi connectivity index (χ4v) is 4.41. The van der Waals surface area contributed by atoms with E-state index in [-0.39, 0.29) is 11.9 Å². The fourth-order valence-electron chi connectivity index (χ4n) is 4.41. The summed E-state index contributed by atoms with van der Waals surface area (Å²) in [6.45, 7) is 1.37. The molecule has 0 radical (unpaired) electrons. The number of nitriles is 1. The molecule has 0 saturated carbocycles. The van der Waals surface area contributed by atoms with Gasteiger partial charge in [-0.3, -0.25) is 4.79 Å². The first-order chi connectivity index (χ1) is 16.6. The van der Waals surface area contributed by atoms with Gasteiger partial charge in [-0.05, 0) is 43.2 Å². The van der Waals surface area contributed by atoms with Crippen molar-refractivity contribution in [3.8, 4) is 17.6 Å². The molecule has 1 amide bonds. The largest absolute Gasteiger partial charge is 0.387 e. The molecule has 4 aromatic rings. The number of aromatic nitrogens is 4. The summed E-state index contributed by atoms with van der Waals surface area (Å²) < 4.78 is 1.74. The van der Waals surface area contributed by atoms with Gasteiger partial charge in [-0.15, -0.1) is 5.10 Å². The molecule has 2 aromatic heterocycles. The van der Waals surface area contributed by atoms with Crippen molar-refractivity contribution in [1.29, 1.82) is 5.26 Å². The molecule has 0 spiro atoms. The molecule has 2 aromatic carbocycles. The number of carbonyl (C=O) groups excluding carboxylic acids is 1. The van der Waals surface area contributed by atoms with E-state index in [0.29, 0.717) is 36.0 Å². The molecule has 1 aliphatic rings. The number of hydrogen-bond acceptors (Lipinski definition) is 6. The van der Waals surface area contributed by atoms with E-state index in [2.05, 4.69) is 26.8 Å². The molecule has 34 heavy (non-hydrogen) atoms. The highest BCUT2D eigenvalue weighted by atomic mass is 16.2. The van der Waals surface area contributed by atoms with Gasteiger partial charge < -0.3 is 20.5 Å². The predicted octanol–water partition coefficient (Wildman–Crippen LogP) is 3.59. The first-order valence-electron chi connectivity index (χ1n) is 11.3. The number of rotatable bonds is 5. The topological polar surface area (TPSA) is 115 Å². The molecular weight excluding hydrogens is 428 g/mol. The van der Waals surface area contributed by atoms with Crippen LogP contribution in [-0.4, -0.2) is 56.7 Å². The number of nitrogens with one attached hydrogen (secondary N) is 3. The summed E-state index contributed by atoms with van der Waals surface area (Å²) in [7, 11) is 3.69. The Morgan fingerprint density at radius 1 is 1.18 bits per heavy atom. The van der Waals surface area contributed by atoms with Gasteiger partial charge in [0.2, 0.25) is 5.95 Å². The summed E-state index contributed by atoms with van der Waals surface area (Å²) in [5.41, 5.74) is 3.84. The number of anilines is 2. The lowest BCUT2D eigenvalue weighted by Crippen LogP contribution is -2.42. The van der Waals surface area contributed by atoms with Gasteiger partial charge in [-0.2, -0.15) is 10.2 Å². The standard InChI is InChI=1S/C25H26N8O/c1-27-20-6-4-3-5-19(20)24(34)33-11-9-18(10-12-33)28-25-30-23(31-32(25)2)22-14-17-8-7-16(15-26)13-21(17)29-22/h3-8,13-14,18,27,29H,9-12H2,1-2H3,(H,28,30,31). The second kappa shape index (κ2) is 8.90. The van der Waals surface area contributed by atoms with E-state index in [4.69, 9.17) is 10.2 Å². The van der Waals surface area contributed by atoms with E-state index in [0.717, 1.165) is 35.1 Å². The zero-order chi connectivity index (χ0) is 23.7. The molecule has 9 nitrogen and oxygen atoms in total. The first-order valence-corrected chi connectivity index (χ1v) is 11.3. The fraction of sp³-hybridized carbons (Fsp3) is 0.280. The Hall–Kier alpha value is -4.32. The molecule has 3 N–H and O–H groups in total. The quantitative estimate of drug-likeness (QED) is 0.425. The lowest BCUT2D eigenvalue weighted by Gasteiger charge is -2.32. The van der Waals surface area contributed by atoms with Gasteiger partial charge in [-0.25, -0.2) is 4.68 Å². The maximum Gasteiger partial charge on any atom is 0.255 e. The highest BCUT2D eigenvalue weighted by molar-refractivity contribution is 5.99. The maximum atomic E-state index is 13.0. The molecule has 1 fully saturated rings. The molecule has 1 aliphatic heterocycles. The summed E-state index contributed by atoms with van der Waals surface area (Å²) >= 11 is 0. The van der Waals surface area contributed by atoms with Gasteiger partial charge in [0.05, 0.1) is 22.9 Å². The summed E-state index contributed by atoms with van der Waals surface area (Å²) in [6.07, 6.45) is 1.66. The van der Waals surface area contributed by atoms with Crippen molar-refractivity contribution in [2.24, 2.45) is 7.05 Å². The summed E-state index contributed by atoms with van der Waals surface area (Å²) in [6, 6.07) is 17.5. The minimum Gasteiger partial charge on any atom is -0.387 e. The van der Waals surface area contributed by atoms with Crippen molar-refractivity contribution in [3.63, 3.8) is 0 Å². The number of benzene rings is 2. The van der Waals surface area contributed by atoms with Crippen LogP contribution in [0, 0.1) is 11.3 Å². The molecule has 0 unspecified atom stereocenters. The summed E-state index contributed by atoms with van der Waals surface area (Å²) in [4.78, 5) is 22.9. The van der Waals surface area contributed by atoms with Crippen LogP contribution in [0.1, 0.15) is 28.8 Å². The Morgan fingerprint density at radius 2 is 1.97 bits per heavy atom. The SMILES string of the molecule is CNc1ccccc1C(=O)N1CCC(Nc2nc(-c3cc4ccc(C#N)cc4[nH]3)nn2C)CC1.